The highest BCUT2D eigenvalue weighted by Gasteiger charge is 2.46. The molecule has 0 saturated heterocycles. The van der Waals surface area contributed by atoms with E-state index >= 15 is 0 Å². The lowest BCUT2D eigenvalue weighted by Crippen LogP contribution is -2.17. The fourth-order valence-electron chi connectivity index (χ4n) is 2.36. The van der Waals surface area contributed by atoms with Gasteiger partial charge in [0.2, 0.25) is 0 Å². The summed E-state index contributed by atoms with van der Waals surface area (Å²) in [5, 5.41) is 0.302. The van der Waals surface area contributed by atoms with Gasteiger partial charge in [0, 0.05) is 5.38 Å². The Labute approximate surface area is 97.6 Å². The van der Waals surface area contributed by atoms with E-state index in [4.69, 9.17) is 11.6 Å². The number of aryl methyl sites for hydroxylation is 2. The van der Waals surface area contributed by atoms with Crippen LogP contribution in [0, 0.1) is 19.3 Å². The van der Waals surface area contributed by atoms with Gasteiger partial charge in [-0.1, -0.05) is 18.2 Å². The zero-order chi connectivity index (χ0) is 11.1. The van der Waals surface area contributed by atoms with Crippen LogP contribution < -0.4 is 0 Å². The van der Waals surface area contributed by atoms with Crippen LogP contribution in [0.1, 0.15) is 36.5 Å². The molecule has 1 saturated carbocycles. The van der Waals surface area contributed by atoms with E-state index in [2.05, 4.69) is 39.0 Å². The molecule has 1 aromatic rings. The Bertz CT molecular complexity index is 341. The van der Waals surface area contributed by atoms with E-state index in [0.29, 0.717) is 10.8 Å². The molecule has 0 aliphatic heterocycles. The van der Waals surface area contributed by atoms with E-state index in [1.807, 2.05) is 0 Å². The van der Waals surface area contributed by atoms with Crippen LogP contribution in [-0.4, -0.2) is 5.38 Å². The number of halogens is 1. The van der Waals surface area contributed by atoms with Crippen molar-refractivity contribution in [3.8, 4) is 0 Å². The monoisotopic (exact) mass is 222 g/mol. The summed E-state index contributed by atoms with van der Waals surface area (Å²) in [4.78, 5) is 0. The first kappa shape index (κ1) is 11.0. The van der Waals surface area contributed by atoms with Crippen LogP contribution in [0.5, 0.6) is 0 Å². The summed E-state index contributed by atoms with van der Waals surface area (Å²) in [6, 6.07) is 6.55. The zero-order valence-electron chi connectivity index (χ0n) is 9.81. The Morgan fingerprint density at radius 1 is 1.27 bits per heavy atom. The molecule has 0 spiro atoms. The van der Waals surface area contributed by atoms with Crippen LogP contribution in [-0.2, 0) is 6.42 Å². The van der Waals surface area contributed by atoms with Gasteiger partial charge < -0.3 is 0 Å². The summed E-state index contributed by atoms with van der Waals surface area (Å²) in [7, 11) is 0. The van der Waals surface area contributed by atoms with E-state index < -0.39 is 0 Å². The van der Waals surface area contributed by atoms with Gasteiger partial charge in [0.15, 0.2) is 0 Å². The number of rotatable bonds is 3. The Kier molecular flexibility index (Phi) is 2.81. The smallest absolute Gasteiger partial charge is 0.0367 e. The minimum Gasteiger partial charge on any atom is -0.123 e. The van der Waals surface area contributed by atoms with Gasteiger partial charge in [0.1, 0.15) is 0 Å². The number of hydrogen-bond acceptors (Lipinski definition) is 0. The predicted octanol–water partition coefficient (Wildman–Crippen LogP) is 4.25. The van der Waals surface area contributed by atoms with Gasteiger partial charge in [-0.05, 0) is 62.1 Å². The molecule has 0 nitrogen and oxygen atoms in total. The summed E-state index contributed by atoms with van der Waals surface area (Å²) in [5.74, 6) is 0. The van der Waals surface area contributed by atoms with Crippen molar-refractivity contribution < 1.29 is 0 Å². The summed E-state index contributed by atoms with van der Waals surface area (Å²) in [6.07, 6.45) is 3.76. The molecule has 0 heterocycles. The molecule has 2 rings (SSSR count). The summed E-state index contributed by atoms with van der Waals surface area (Å²) < 4.78 is 0. The van der Waals surface area contributed by atoms with Gasteiger partial charge in [-0.2, -0.15) is 0 Å². The summed E-state index contributed by atoms with van der Waals surface area (Å²) >= 11 is 6.29. The van der Waals surface area contributed by atoms with Crippen molar-refractivity contribution in [1.29, 1.82) is 0 Å². The molecule has 1 aromatic carbocycles. The molecule has 1 unspecified atom stereocenters. The Morgan fingerprint density at radius 2 is 1.80 bits per heavy atom. The maximum Gasteiger partial charge on any atom is 0.0367 e. The molecule has 1 atom stereocenters. The lowest BCUT2D eigenvalue weighted by molar-refractivity contribution is 0.494. The van der Waals surface area contributed by atoms with Crippen LogP contribution in [0.25, 0.3) is 0 Å². The molecular formula is C14H19Cl. The first-order valence-corrected chi connectivity index (χ1v) is 6.18. The van der Waals surface area contributed by atoms with Gasteiger partial charge in [0.05, 0.1) is 0 Å². The Morgan fingerprint density at radius 3 is 2.20 bits per heavy atom. The van der Waals surface area contributed by atoms with Gasteiger partial charge in [-0.25, -0.2) is 0 Å². The highest BCUT2D eigenvalue weighted by molar-refractivity contribution is 6.21. The van der Waals surface area contributed by atoms with Gasteiger partial charge in [-0.3, -0.25) is 0 Å². The van der Waals surface area contributed by atoms with Gasteiger partial charge in [0.25, 0.3) is 0 Å². The molecule has 1 heteroatoms. The van der Waals surface area contributed by atoms with Crippen LogP contribution in [0.15, 0.2) is 18.2 Å². The maximum atomic E-state index is 6.29. The average molecular weight is 223 g/mol. The maximum absolute atomic E-state index is 6.29. The molecule has 1 aliphatic carbocycles. The number of benzene rings is 1. The Balaban J connectivity index is 2.25. The molecule has 82 valence electrons. The second-order valence-corrected chi connectivity index (χ2v) is 5.68. The minimum atomic E-state index is 0.302. The fraction of sp³-hybridized carbons (Fsp3) is 0.571. The summed E-state index contributed by atoms with van der Waals surface area (Å²) in [6.45, 7) is 6.55. The second-order valence-electron chi connectivity index (χ2n) is 5.03. The molecule has 0 aromatic heterocycles. The Hall–Kier alpha value is -0.490. The molecular weight excluding hydrogens is 204 g/mol. The third kappa shape index (κ3) is 2.06. The zero-order valence-corrected chi connectivity index (χ0v) is 10.6. The standard InChI is InChI=1S/C14H19Cl/c1-10-5-4-6-11(2)13(10)9-14(7-8-14)12(3)15/h4-6,12H,7-9H2,1-3H3. The largest absolute Gasteiger partial charge is 0.123 e. The van der Waals surface area contributed by atoms with E-state index in [-0.39, 0.29) is 0 Å². The third-order valence-electron chi connectivity index (χ3n) is 3.91. The highest BCUT2D eigenvalue weighted by Crippen LogP contribution is 2.53. The first-order chi connectivity index (χ1) is 7.05. The van der Waals surface area contributed by atoms with E-state index in [1.165, 1.54) is 29.5 Å². The van der Waals surface area contributed by atoms with Crippen molar-refractivity contribution in [1.82, 2.24) is 0 Å². The number of alkyl halides is 1. The normalized spacial score (nSPS) is 20.0. The van der Waals surface area contributed by atoms with Crippen molar-refractivity contribution in [2.75, 3.05) is 0 Å². The molecule has 1 aliphatic rings. The van der Waals surface area contributed by atoms with Gasteiger partial charge >= 0.3 is 0 Å². The van der Waals surface area contributed by atoms with Crippen LogP contribution in [0.4, 0.5) is 0 Å². The van der Waals surface area contributed by atoms with E-state index in [0.717, 1.165) is 6.42 Å². The average Bonchev–Trinajstić information content (AvgIpc) is 2.93. The fourth-order valence-corrected chi connectivity index (χ4v) is 2.65. The van der Waals surface area contributed by atoms with E-state index in [9.17, 15) is 0 Å². The van der Waals surface area contributed by atoms with Crippen LogP contribution >= 0.6 is 11.6 Å². The van der Waals surface area contributed by atoms with Crippen LogP contribution in [0.2, 0.25) is 0 Å². The molecule has 0 radical (unpaired) electrons. The molecule has 1 fully saturated rings. The summed E-state index contributed by atoms with van der Waals surface area (Å²) in [5.41, 5.74) is 4.75. The van der Waals surface area contributed by atoms with Crippen molar-refractivity contribution in [2.45, 2.75) is 45.4 Å². The van der Waals surface area contributed by atoms with Gasteiger partial charge in [-0.15, -0.1) is 11.6 Å². The molecule has 0 bridgehead atoms. The molecule has 0 N–H and O–H groups in total. The second kappa shape index (κ2) is 3.83. The SMILES string of the molecule is Cc1cccc(C)c1CC1(C(C)Cl)CC1. The quantitative estimate of drug-likeness (QED) is 0.671. The minimum absolute atomic E-state index is 0.302. The third-order valence-corrected chi connectivity index (χ3v) is 4.37. The lowest BCUT2D eigenvalue weighted by atomic mass is 9.89. The van der Waals surface area contributed by atoms with Crippen molar-refractivity contribution in [2.24, 2.45) is 5.41 Å². The lowest BCUT2D eigenvalue weighted by Gasteiger charge is -2.20. The predicted molar refractivity (Wildman–Crippen MR) is 66.6 cm³/mol. The molecule has 0 amide bonds. The van der Waals surface area contributed by atoms with E-state index in [1.54, 1.807) is 0 Å². The van der Waals surface area contributed by atoms with Crippen molar-refractivity contribution in [3.05, 3.63) is 34.9 Å². The first-order valence-electron chi connectivity index (χ1n) is 5.74. The van der Waals surface area contributed by atoms with Crippen LogP contribution in [0.3, 0.4) is 0 Å². The van der Waals surface area contributed by atoms with Crippen molar-refractivity contribution >= 4 is 11.6 Å². The number of hydrogen-bond donors (Lipinski definition) is 0. The molecule has 15 heavy (non-hydrogen) atoms. The van der Waals surface area contributed by atoms with Crippen molar-refractivity contribution in [3.63, 3.8) is 0 Å². The highest BCUT2D eigenvalue weighted by atomic mass is 35.5. The topological polar surface area (TPSA) is 0 Å².